The van der Waals surface area contributed by atoms with E-state index in [0.717, 1.165) is 12.8 Å². The number of carbonyl (C=O) groups excluding carboxylic acids is 1. The first kappa shape index (κ1) is 18.4. The van der Waals surface area contributed by atoms with Crippen molar-refractivity contribution in [3.8, 4) is 0 Å². The number of carbonyl (C=O) groups is 1. The van der Waals surface area contributed by atoms with Gasteiger partial charge in [0, 0.05) is 0 Å². The summed E-state index contributed by atoms with van der Waals surface area (Å²) >= 11 is 0. The van der Waals surface area contributed by atoms with E-state index in [1.807, 2.05) is 0 Å². The lowest BCUT2D eigenvalue weighted by Gasteiger charge is -2.08. The van der Waals surface area contributed by atoms with Crippen molar-refractivity contribution in [1.29, 1.82) is 0 Å². The van der Waals surface area contributed by atoms with Gasteiger partial charge in [0.15, 0.2) is 0 Å². The minimum atomic E-state index is -0.386. The van der Waals surface area contributed by atoms with Gasteiger partial charge in [0.2, 0.25) is 0 Å². The minimum absolute atomic E-state index is 0.128. The van der Waals surface area contributed by atoms with Crippen LogP contribution in [0.2, 0.25) is 0 Å². The number of aliphatic hydroxyl groups excluding tert-OH is 1. The number of rotatable bonds is 13. The first-order valence-electron chi connectivity index (χ1n) is 7.99. The van der Waals surface area contributed by atoms with E-state index in [4.69, 9.17) is 9.84 Å². The van der Waals surface area contributed by atoms with Gasteiger partial charge in [-0.15, -0.1) is 0 Å². The van der Waals surface area contributed by atoms with Crippen LogP contribution in [0.25, 0.3) is 0 Å². The number of aliphatic hydroxyl groups is 1. The highest BCUT2D eigenvalue weighted by Crippen LogP contribution is 2.10. The summed E-state index contributed by atoms with van der Waals surface area (Å²) in [6, 6.07) is 0. The normalized spacial score (nSPS) is 12.4. The molecule has 0 saturated carbocycles. The number of hydrogen-bond acceptors (Lipinski definition) is 3. The van der Waals surface area contributed by atoms with E-state index in [1.54, 1.807) is 6.92 Å². The summed E-state index contributed by atoms with van der Waals surface area (Å²) < 4.78 is 5.07. The molecule has 0 heterocycles. The SMILES string of the molecule is CCCCCCCCCCCCOC(=O)C(C)CO. The molecular formula is C16H32O3. The highest BCUT2D eigenvalue weighted by Gasteiger charge is 2.11. The molecule has 0 rings (SSSR count). The third-order valence-electron chi connectivity index (χ3n) is 3.42. The van der Waals surface area contributed by atoms with Crippen molar-refractivity contribution in [1.82, 2.24) is 0 Å². The van der Waals surface area contributed by atoms with E-state index in [2.05, 4.69) is 6.92 Å². The van der Waals surface area contributed by atoms with E-state index < -0.39 is 0 Å². The van der Waals surface area contributed by atoms with Gasteiger partial charge < -0.3 is 9.84 Å². The molecule has 0 fully saturated rings. The molecule has 19 heavy (non-hydrogen) atoms. The van der Waals surface area contributed by atoms with E-state index >= 15 is 0 Å². The minimum Gasteiger partial charge on any atom is -0.465 e. The lowest BCUT2D eigenvalue weighted by molar-refractivity contribution is -0.149. The molecule has 0 aromatic heterocycles. The molecule has 0 aliphatic rings. The third-order valence-corrected chi connectivity index (χ3v) is 3.42. The first-order chi connectivity index (χ1) is 9.22. The second kappa shape index (κ2) is 13.9. The maximum atomic E-state index is 11.3. The molecule has 3 heteroatoms. The van der Waals surface area contributed by atoms with Gasteiger partial charge in [0.25, 0.3) is 0 Å². The van der Waals surface area contributed by atoms with Crippen molar-refractivity contribution in [3.05, 3.63) is 0 Å². The lowest BCUT2D eigenvalue weighted by atomic mass is 10.1. The molecule has 0 aromatic carbocycles. The molecule has 0 aromatic rings. The van der Waals surface area contributed by atoms with Crippen LogP contribution >= 0.6 is 0 Å². The van der Waals surface area contributed by atoms with Crippen molar-refractivity contribution in [2.75, 3.05) is 13.2 Å². The second-order valence-corrected chi connectivity index (χ2v) is 5.43. The average Bonchev–Trinajstić information content (AvgIpc) is 2.43. The molecule has 0 saturated heterocycles. The van der Waals surface area contributed by atoms with Crippen molar-refractivity contribution in [2.24, 2.45) is 5.92 Å². The molecule has 3 nitrogen and oxygen atoms in total. The Balaban J connectivity index is 3.13. The van der Waals surface area contributed by atoms with E-state index in [0.29, 0.717) is 6.61 Å². The molecule has 1 unspecified atom stereocenters. The quantitative estimate of drug-likeness (QED) is 0.406. The van der Waals surface area contributed by atoms with Crippen molar-refractivity contribution >= 4 is 5.97 Å². The smallest absolute Gasteiger partial charge is 0.310 e. The molecule has 0 aliphatic heterocycles. The van der Waals surface area contributed by atoms with Gasteiger partial charge in [0.05, 0.1) is 19.1 Å². The number of hydrogen-bond donors (Lipinski definition) is 1. The largest absolute Gasteiger partial charge is 0.465 e. The number of ether oxygens (including phenoxy) is 1. The van der Waals surface area contributed by atoms with Crippen LogP contribution in [0.4, 0.5) is 0 Å². The number of esters is 1. The van der Waals surface area contributed by atoms with Gasteiger partial charge in [-0.05, 0) is 13.3 Å². The zero-order chi connectivity index (χ0) is 14.3. The Morgan fingerprint density at radius 2 is 1.42 bits per heavy atom. The van der Waals surface area contributed by atoms with Crippen LogP contribution in [0.1, 0.15) is 78.1 Å². The van der Waals surface area contributed by atoms with Crippen LogP contribution in [-0.4, -0.2) is 24.3 Å². The van der Waals surface area contributed by atoms with Gasteiger partial charge in [-0.1, -0.05) is 64.7 Å². The fourth-order valence-electron chi connectivity index (χ4n) is 1.98. The Hall–Kier alpha value is -0.570. The monoisotopic (exact) mass is 272 g/mol. The predicted octanol–water partition coefficient (Wildman–Crippen LogP) is 4.08. The third kappa shape index (κ3) is 12.2. The van der Waals surface area contributed by atoms with Crippen LogP contribution in [0.15, 0.2) is 0 Å². The molecule has 0 spiro atoms. The van der Waals surface area contributed by atoms with Crippen LogP contribution < -0.4 is 0 Å². The van der Waals surface area contributed by atoms with E-state index in [-0.39, 0.29) is 18.5 Å². The van der Waals surface area contributed by atoms with Crippen molar-refractivity contribution < 1.29 is 14.6 Å². The summed E-state index contributed by atoms with van der Waals surface area (Å²) in [6.45, 7) is 4.30. The van der Waals surface area contributed by atoms with E-state index in [9.17, 15) is 4.79 Å². The Bertz CT molecular complexity index is 204. The second-order valence-electron chi connectivity index (χ2n) is 5.43. The lowest BCUT2D eigenvalue weighted by Crippen LogP contribution is -2.18. The summed E-state index contributed by atoms with van der Waals surface area (Å²) in [5.74, 6) is -0.665. The molecule has 0 amide bonds. The molecule has 0 aliphatic carbocycles. The highest BCUT2D eigenvalue weighted by atomic mass is 16.5. The fourth-order valence-corrected chi connectivity index (χ4v) is 1.98. The highest BCUT2D eigenvalue weighted by molar-refractivity contribution is 5.72. The van der Waals surface area contributed by atoms with Crippen LogP contribution in [0.3, 0.4) is 0 Å². The summed E-state index contributed by atoms with van der Waals surface area (Å²) in [4.78, 5) is 11.3. The summed E-state index contributed by atoms with van der Waals surface area (Å²) in [6.07, 6.45) is 12.8. The zero-order valence-electron chi connectivity index (χ0n) is 12.8. The average molecular weight is 272 g/mol. The Morgan fingerprint density at radius 3 is 1.89 bits per heavy atom. The Labute approximate surface area is 118 Å². The maximum Gasteiger partial charge on any atom is 0.310 e. The van der Waals surface area contributed by atoms with Crippen LogP contribution in [0, 0.1) is 5.92 Å². The molecule has 1 N–H and O–H groups in total. The first-order valence-corrected chi connectivity index (χ1v) is 7.99. The topological polar surface area (TPSA) is 46.5 Å². The number of unbranched alkanes of at least 4 members (excludes halogenated alkanes) is 9. The van der Waals surface area contributed by atoms with Gasteiger partial charge in [-0.25, -0.2) is 0 Å². The Morgan fingerprint density at radius 1 is 0.947 bits per heavy atom. The summed E-state index contributed by atoms with van der Waals surface area (Å²) in [5, 5.41) is 8.78. The van der Waals surface area contributed by atoms with Gasteiger partial charge in [-0.3, -0.25) is 4.79 Å². The molecule has 0 bridgehead atoms. The van der Waals surface area contributed by atoms with Gasteiger partial charge in [-0.2, -0.15) is 0 Å². The Kier molecular flexibility index (Phi) is 13.4. The van der Waals surface area contributed by atoms with E-state index in [1.165, 1.54) is 51.4 Å². The van der Waals surface area contributed by atoms with Crippen LogP contribution in [0.5, 0.6) is 0 Å². The summed E-state index contributed by atoms with van der Waals surface area (Å²) in [5.41, 5.74) is 0. The summed E-state index contributed by atoms with van der Waals surface area (Å²) in [7, 11) is 0. The fraction of sp³-hybridized carbons (Fsp3) is 0.938. The molecule has 0 radical (unpaired) electrons. The van der Waals surface area contributed by atoms with Gasteiger partial charge >= 0.3 is 5.97 Å². The molecular weight excluding hydrogens is 240 g/mol. The zero-order valence-corrected chi connectivity index (χ0v) is 12.8. The maximum absolute atomic E-state index is 11.3. The van der Waals surface area contributed by atoms with Crippen molar-refractivity contribution in [3.63, 3.8) is 0 Å². The predicted molar refractivity (Wildman–Crippen MR) is 79.1 cm³/mol. The molecule has 114 valence electrons. The van der Waals surface area contributed by atoms with Crippen molar-refractivity contribution in [2.45, 2.75) is 78.1 Å². The molecule has 1 atom stereocenters. The van der Waals surface area contributed by atoms with Gasteiger partial charge in [0.1, 0.15) is 0 Å². The van der Waals surface area contributed by atoms with Crippen LogP contribution in [-0.2, 0) is 9.53 Å². The standard InChI is InChI=1S/C16H32O3/c1-3-4-5-6-7-8-9-10-11-12-13-19-16(18)15(2)14-17/h15,17H,3-14H2,1-2H3.